The molecule has 0 radical (unpaired) electrons. The second kappa shape index (κ2) is 10.6. The predicted octanol–water partition coefficient (Wildman–Crippen LogP) is 2.89. The average molecular weight is 430 g/mol. The molecule has 1 aromatic heterocycles. The van der Waals surface area contributed by atoms with Gasteiger partial charge in [-0.2, -0.15) is 5.10 Å². The van der Waals surface area contributed by atoms with Crippen LogP contribution in [0.4, 0.5) is 10.2 Å². The number of amides is 1. The van der Waals surface area contributed by atoms with Crippen molar-refractivity contribution in [2.45, 2.75) is 45.6 Å². The van der Waals surface area contributed by atoms with Gasteiger partial charge in [-0.25, -0.2) is 4.39 Å². The minimum atomic E-state index is -0.599. The molecule has 168 valence electrons. The summed E-state index contributed by atoms with van der Waals surface area (Å²) in [7, 11) is 1.65. The fourth-order valence-electron chi connectivity index (χ4n) is 4.13. The molecule has 0 bridgehead atoms. The van der Waals surface area contributed by atoms with Crippen molar-refractivity contribution < 1.29 is 14.0 Å². The Bertz CT molecular complexity index is 927. The van der Waals surface area contributed by atoms with Crippen molar-refractivity contribution >= 4 is 17.5 Å². The van der Waals surface area contributed by atoms with Crippen LogP contribution in [-0.4, -0.2) is 58.6 Å². The molecular formula is C23H32FN5O2. The molecule has 1 aromatic carbocycles. The van der Waals surface area contributed by atoms with E-state index in [-0.39, 0.29) is 29.4 Å². The van der Waals surface area contributed by atoms with E-state index in [4.69, 9.17) is 0 Å². The van der Waals surface area contributed by atoms with Crippen LogP contribution in [0.3, 0.4) is 0 Å². The van der Waals surface area contributed by atoms with Crippen LogP contribution in [0.25, 0.3) is 0 Å². The van der Waals surface area contributed by atoms with Crippen LogP contribution in [-0.2, 0) is 11.8 Å². The number of nitrogens with one attached hydrogen (secondary N) is 2. The second-order valence-corrected chi connectivity index (χ2v) is 8.20. The van der Waals surface area contributed by atoms with Gasteiger partial charge in [0, 0.05) is 13.1 Å². The summed E-state index contributed by atoms with van der Waals surface area (Å²) in [6.45, 7) is 6.99. The summed E-state index contributed by atoms with van der Waals surface area (Å²) in [6, 6.07) is 6.44. The number of likely N-dealkylation sites (tertiary alicyclic amines) is 1. The maximum absolute atomic E-state index is 14.1. The molecule has 1 aliphatic rings. The Hall–Kier alpha value is -2.58. The normalized spacial score (nSPS) is 17.0. The molecule has 7 nitrogen and oxygen atoms in total. The van der Waals surface area contributed by atoms with E-state index in [1.807, 2.05) is 0 Å². The number of anilines is 1. The molecule has 2 aromatic rings. The van der Waals surface area contributed by atoms with Gasteiger partial charge < -0.3 is 15.5 Å². The van der Waals surface area contributed by atoms with Crippen LogP contribution < -0.4 is 10.6 Å². The molecule has 1 atom stereocenters. The third kappa shape index (κ3) is 5.77. The van der Waals surface area contributed by atoms with E-state index in [0.29, 0.717) is 11.7 Å². The van der Waals surface area contributed by atoms with Gasteiger partial charge in [0.05, 0.1) is 23.4 Å². The van der Waals surface area contributed by atoms with Crippen LogP contribution in [0.2, 0.25) is 0 Å². The first-order valence-electron chi connectivity index (χ1n) is 11.0. The Labute approximate surface area is 183 Å². The lowest BCUT2D eigenvalue weighted by Crippen LogP contribution is -2.39. The lowest BCUT2D eigenvalue weighted by molar-refractivity contribution is -0.115. The first-order chi connectivity index (χ1) is 14.9. The molecule has 0 spiro atoms. The monoisotopic (exact) mass is 429 g/mol. The second-order valence-electron chi connectivity index (χ2n) is 8.20. The Morgan fingerprint density at radius 3 is 2.77 bits per heavy atom. The van der Waals surface area contributed by atoms with Gasteiger partial charge in [0.2, 0.25) is 11.7 Å². The summed E-state index contributed by atoms with van der Waals surface area (Å²) >= 11 is 0. The lowest BCUT2D eigenvalue weighted by Gasteiger charge is -2.33. The quantitative estimate of drug-likeness (QED) is 0.473. The van der Waals surface area contributed by atoms with Crippen LogP contribution in [0.15, 0.2) is 24.3 Å². The van der Waals surface area contributed by atoms with Crippen molar-refractivity contribution in [1.82, 2.24) is 20.0 Å². The molecule has 1 aliphatic heterocycles. The van der Waals surface area contributed by atoms with Crippen molar-refractivity contribution in [3.63, 3.8) is 0 Å². The summed E-state index contributed by atoms with van der Waals surface area (Å²) in [6.07, 6.45) is 4.80. The zero-order valence-electron chi connectivity index (χ0n) is 18.6. The summed E-state index contributed by atoms with van der Waals surface area (Å²) in [5.41, 5.74) is 0.605. The van der Waals surface area contributed by atoms with E-state index in [1.165, 1.54) is 42.1 Å². The largest absolute Gasteiger partial charge is 0.309 e. The average Bonchev–Trinajstić information content (AvgIpc) is 3.01. The Balaban J connectivity index is 1.54. The minimum absolute atomic E-state index is 0.0424. The van der Waals surface area contributed by atoms with Gasteiger partial charge in [-0.3, -0.25) is 14.3 Å². The van der Waals surface area contributed by atoms with Crippen LogP contribution in [0.5, 0.6) is 0 Å². The van der Waals surface area contributed by atoms with E-state index in [9.17, 15) is 14.0 Å². The topological polar surface area (TPSA) is 79.3 Å². The molecule has 0 aliphatic carbocycles. The van der Waals surface area contributed by atoms with Gasteiger partial charge in [-0.1, -0.05) is 18.6 Å². The molecule has 2 heterocycles. The van der Waals surface area contributed by atoms with Crippen LogP contribution in [0.1, 0.15) is 54.2 Å². The highest BCUT2D eigenvalue weighted by atomic mass is 19.1. The van der Waals surface area contributed by atoms with Crippen molar-refractivity contribution in [2.75, 3.05) is 31.5 Å². The Kier molecular flexibility index (Phi) is 7.92. The van der Waals surface area contributed by atoms with Gasteiger partial charge in [-0.05, 0) is 64.9 Å². The minimum Gasteiger partial charge on any atom is -0.309 e. The lowest BCUT2D eigenvalue weighted by atomic mass is 10.0. The van der Waals surface area contributed by atoms with Gasteiger partial charge in [0.25, 0.3) is 0 Å². The molecule has 1 fully saturated rings. The number of halogens is 1. The number of aryl methyl sites for hydroxylation is 2. The molecule has 1 amide bonds. The zero-order chi connectivity index (χ0) is 22.4. The molecular weight excluding hydrogens is 397 g/mol. The molecule has 0 unspecified atom stereocenters. The maximum Gasteiger partial charge on any atom is 0.239 e. The molecule has 3 rings (SSSR count). The molecule has 31 heavy (non-hydrogen) atoms. The van der Waals surface area contributed by atoms with Crippen LogP contribution in [0, 0.1) is 12.7 Å². The summed E-state index contributed by atoms with van der Waals surface area (Å²) < 4.78 is 15.6. The predicted molar refractivity (Wildman–Crippen MR) is 119 cm³/mol. The number of rotatable bonds is 9. The number of carbonyl (C=O) groups excluding carboxylic acids is 2. The Morgan fingerprint density at radius 2 is 2.03 bits per heavy atom. The highest BCUT2D eigenvalue weighted by Gasteiger charge is 2.24. The number of hydrogen-bond donors (Lipinski definition) is 2. The standard InChI is InChI=1S/C23H32FN5O2/c1-16-9-6-7-13-29(16)14-8-12-25-15-20(30)26-23-21(17(2)27-28(23)3)22(31)18-10-4-5-11-19(18)24/h4-5,10-11,16,25H,6-9,12-15H2,1-3H3,(H,26,30)/t16-/m0/s1. The van der Waals surface area contributed by atoms with Crippen molar-refractivity contribution in [3.05, 3.63) is 46.9 Å². The maximum atomic E-state index is 14.1. The van der Waals surface area contributed by atoms with Gasteiger partial charge in [0.15, 0.2) is 0 Å². The number of hydrogen-bond acceptors (Lipinski definition) is 5. The van der Waals surface area contributed by atoms with E-state index in [2.05, 4.69) is 27.6 Å². The highest BCUT2D eigenvalue weighted by Crippen LogP contribution is 2.23. The van der Waals surface area contributed by atoms with E-state index in [0.717, 1.165) is 26.1 Å². The number of aromatic nitrogens is 2. The third-order valence-corrected chi connectivity index (χ3v) is 5.85. The third-order valence-electron chi connectivity index (χ3n) is 5.85. The number of nitrogens with zero attached hydrogens (tertiary/aromatic N) is 3. The molecule has 8 heteroatoms. The Morgan fingerprint density at radius 1 is 1.26 bits per heavy atom. The fourth-order valence-corrected chi connectivity index (χ4v) is 4.13. The van der Waals surface area contributed by atoms with Crippen molar-refractivity contribution in [3.8, 4) is 0 Å². The van der Waals surface area contributed by atoms with Crippen LogP contribution >= 0.6 is 0 Å². The van der Waals surface area contributed by atoms with E-state index in [1.54, 1.807) is 20.0 Å². The zero-order valence-corrected chi connectivity index (χ0v) is 18.6. The summed E-state index contributed by atoms with van der Waals surface area (Å²) in [5, 5.41) is 10.2. The first kappa shape index (κ1) is 23.1. The fraction of sp³-hybridized carbons (Fsp3) is 0.522. The van der Waals surface area contributed by atoms with E-state index >= 15 is 0 Å². The molecule has 0 saturated carbocycles. The number of benzene rings is 1. The highest BCUT2D eigenvalue weighted by molar-refractivity contribution is 6.14. The van der Waals surface area contributed by atoms with Crippen molar-refractivity contribution in [1.29, 1.82) is 0 Å². The van der Waals surface area contributed by atoms with E-state index < -0.39 is 11.6 Å². The smallest absolute Gasteiger partial charge is 0.239 e. The van der Waals surface area contributed by atoms with Gasteiger partial charge in [0.1, 0.15) is 11.6 Å². The number of piperidine rings is 1. The summed E-state index contributed by atoms with van der Waals surface area (Å²) in [5.74, 6) is -1.09. The first-order valence-corrected chi connectivity index (χ1v) is 11.0. The molecule has 1 saturated heterocycles. The van der Waals surface area contributed by atoms with Crippen molar-refractivity contribution in [2.24, 2.45) is 7.05 Å². The molecule has 2 N–H and O–H groups in total. The summed E-state index contributed by atoms with van der Waals surface area (Å²) in [4.78, 5) is 27.9. The number of carbonyl (C=O) groups is 2. The SMILES string of the molecule is Cc1nn(C)c(NC(=O)CNCCCN2CCCC[C@@H]2C)c1C(=O)c1ccccc1F. The number of ketones is 1. The van der Waals surface area contributed by atoms with Gasteiger partial charge in [-0.15, -0.1) is 0 Å². The van der Waals surface area contributed by atoms with Gasteiger partial charge >= 0.3 is 0 Å².